The Balaban J connectivity index is 0.000000532. The van der Waals surface area contributed by atoms with Gasteiger partial charge in [-0.1, -0.05) is 146 Å². The SMILES string of the molecule is CC(C)CC(=O)[C@H](CCCCN)NC(=O)[C@@H]1CCCN1C(=O)[C@H](/C=C/[C@@H](C)CC(C)C)Cc1ccccc1.CC1=C(C)C(=O)C(CCCOC(=O)CCCCC[C@H](NC(=O)[C@@H]2CCCN2C(=O)[C@H](/C=C/[C@H](CC(C)C)NC(=O)OC(C)(C)C)Cc2ccccc2)C(=O)NC(C)C)=CC1=O.CC1=C(C)C(=O)C(CCCOC(=O)Cl)=CC1=O.[V]. The Labute approximate surface area is 712 Å². The average Bonchev–Trinajstić information content (AvgIpc) is 1.77. The number of alkyl carbamates (subject to hydrolysis) is 1. The third kappa shape index (κ3) is 38.1. The van der Waals surface area contributed by atoms with Gasteiger partial charge in [0.25, 0.3) is 0 Å². The van der Waals surface area contributed by atoms with Gasteiger partial charge in [-0.2, -0.15) is 0 Å². The number of ether oxygens (including phenoxy) is 3. The van der Waals surface area contributed by atoms with Crippen LogP contribution in [0.2, 0.25) is 0 Å². The van der Waals surface area contributed by atoms with Crippen LogP contribution in [-0.4, -0.2) is 160 Å². The number of rotatable bonds is 42. The zero-order chi connectivity index (χ0) is 86.4. The summed E-state index contributed by atoms with van der Waals surface area (Å²) in [4.78, 5) is 169. The van der Waals surface area contributed by atoms with E-state index in [0.29, 0.717) is 168 Å². The van der Waals surface area contributed by atoms with Crippen LogP contribution in [0.5, 0.6) is 0 Å². The molecule has 2 aliphatic heterocycles. The third-order valence-corrected chi connectivity index (χ3v) is 20.6. The van der Waals surface area contributed by atoms with E-state index in [9.17, 15) is 62.3 Å². The molecule has 117 heavy (non-hydrogen) atoms. The number of amides is 6. The van der Waals surface area contributed by atoms with Gasteiger partial charge in [-0.05, 0) is 225 Å². The van der Waals surface area contributed by atoms with Crippen LogP contribution >= 0.6 is 11.6 Å². The molecule has 4 aliphatic rings. The van der Waals surface area contributed by atoms with Crippen molar-refractivity contribution < 1.29 is 95.1 Å². The molecule has 0 spiro atoms. The Morgan fingerprint density at radius 2 is 1.01 bits per heavy atom. The minimum Gasteiger partial charge on any atom is -0.466 e. The number of ketones is 5. The van der Waals surface area contributed by atoms with Crippen LogP contribution < -0.4 is 27.0 Å². The Hall–Kier alpha value is -8.38. The summed E-state index contributed by atoms with van der Waals surface area (Å²) >= 11 is 4.99. The Morgan fingerprint density at radius 3 is 1.46 bits per heavy atom. The molecular formula is C92H134ClN7O16V. The maximum Gasteiger partial charge on any atom is 0.408 e. The molecular weight excluding hydrogens is 1550 g/mol. The van der Waals surface area contributed by atoms with Crippen LogP contribution in [0.3, 0.4) is 0 Å². The van der Waals surface area contributed by atoms with Crippen molar-refractivity contribution in [3.63, 3.8) is 0 Å². The summed E-state index contributed by atoms with van der Waals surface area (Å²) in [6, 6.07) is 16.5. The maximum absolute atomic E-state index is 14.4. The summed E-state index contributed by atoms with van der Waals surface area (Å²) in [7, 11) is 0. The van der Waals surface area contributed by atoms with Gasteiger partial charge >= 0.3 is 17.5 Å². The number of halogens is 1. The number of nitrogens with two attached hydrogens (primary N) is 1. The van der Waals surface area contributed by atoms with Gasteiger partial charge in [-0.3, -0.25) is 52.7 Å². The summed E-state index contributed by atoms with van der Waals surface area (Å²) in [5.74, 6) is -1.50. The van der Waals surface area contributed by atoms with Gasteiger partial charge in [-0.15, -0.1) is 0 Å². The van der Waals surface area contributed by atoms with E-state index in [1.54, 1.807) is 58.3 Å². The quantitative estimate of drug-likeness (QED) is 0.0103. The third-order valence-electron chi connectivity index (χ3n) is 20.5. The molecule has 23 nitrogen and oxygen atoms in total. The molecule has 2 aliphatic carbocycles. The second-order valence-electron chi connectivity index (χ2n) is 33.7. The summed E-state index contributed by atoms with van der Waals surface area (Å²) in [6.45, 7) is 32.2. The number of carbonyl (C=O) groups excluding carboxylic acids is 13. The number of nitrogens with zero attached hydrogens (tertiary/aromatic N) is 2. The molecule has 1 radical (unpaired) electrons. The van der Waals surface area contributed by atoms with Crippen LogP contribution in [-0.2, 0) is 98.3 Å². The number of Topliss-reactive ketones (excluding diaryl/α,β-unsaturated/α-hetero) is 3. The maximum atomic E-state index is 14.4. The summed E-state index contributed by atoms with van der Waals surface area (Å²) in [6.07, 6.45) is 21.8. The Kier molecular flexibility index (Phi) is 46.8. The monoisotopic (exact) mass is 1680 g/mol. The van der Waals surface area contributed by atoms with Gasteiger partial charge in [0.05, 0.1) is 37.1 Å². The van der Waals surface area contributed by atoms with Crippen molar-refractivity contribution in [3.8, 4) is 0 Å². The number of unbranched alkanes of at least 4 members (excludes halogenated alkanes) is 3. The van der Waals surface area contributed by atoms with Crippen LogP contribution in [0.15, 0.2) is 131 Å². The van der Waals surface area contributed by atoms with Crippen molar-refractivity contribution >= 4 is 87.5 Å². The number of esters is 1. The predicted molar refractivity (Wildman–Crippen MR) is 453 cm³/mol. The van der Waals surface area contributed by atoms with Crippen LogP contribution in [0, 0.1) is 35.5 Å². The number of benzene rings is 2. The molecule has 2 fully saturated rings. The topological polar surface area (TPSA) is 330 Å². The van der Waals surface area contributed by atoms with E-state index in [1.165, 1.54) is 12.2 Å². The fourth-order valence-corrected chi connectivity index (χ4v) is 14.4. The molecule has 2 heterocycles. The number of allylic oxidation sites excluding steroid dienone is 9. The molecule has 2 aromatic rings. The van der Waals surface area contributed by atoms with Gasteiger partial charge in [0.15, 0.2) is 28.9 Å². The zero-order valence-electron chi connectivity index (χ0n) is 72.4. The predicted octanol–water partition coefficient (Wildman–Crippen LogP) is 14.9. The molecule has 25 heteroatoms. The molecule has 8 atom stereocenters. The van der Waals surface area contributed by atoms with Gasteiger partial charge in [-0.25, -0.2) is 9.59 Å². The normalized spacial score (nSPS) is 17.3. The van der Waals surface area contributed by atoms with Crippen molar-refractivity contribution in [2.75, 3.05) is 32.8 Å². The first-order valence-corrected chi connectivity index (χ1v) is 42.3. The van der Waals surface area contributed by atoms with E-state index in [4.69, 9.17) is 26.8 Å². The molecule has 645 valence electrons. The molecule has 0 unspecified atom stereocenters. The minimum absolute atomic E-state index is 0. The molecule has 6 rings (SSSR count). The molecule has 6 N–H and O–H groups in total. The summed E-state index contributed by atoms with van der Waals surface area (Å²) in [5, 5.41) is 11.8. The van der Waals surface area contributed by atoms with E-state index in [1.807, 2.05) is 101 Å². The van der Waals surface area contributed by atoms with Crippen molar-refractivity contribution in [2.45, 2.75) is 287 Å². The van der Waals surface area contributed by atoms with Gasteiger partial charge in [0.2, 0.25) is 29.5 Å². The van der Waals surface area contributed by atoms with Gasteiger partial charge < -0.3 is 51.0 Å². The second kappa shape index (κ2) is 53.2. The van der Waals surface area contributed by atoms with Crippen LogP contribution in [0.1, 0.15) is 244 Å². The van der Waals surface area contributed by atoms with E-state index >= 15 is 0 Å². The number of likely N-dealkylation sites (tertiary alicyclic amines) is 2. The van der Waals surface area contributed by atoms with Crippen molar-refractivity contribution in [1.82, 2.24) is 31.1 Å². The molecule has 6 amide bonds. The largest absolute Gasteiger partial charge is 0.466 e. The first kappa shape index (κ1) is 103. The first-order valence-electron chi connectivity index (χ1n) is 41.9. The van der Waals surface area contributed by atoms with E-state index < -0.39 is 47.2 Å². The molecule has 2 saturated heterocycles. The van der Waals surface area contributed by atoms with E-state index in [-0.39, 0.29) is 132 Å². The molecule has 0 aromatic heterocycles. The molecule has 0 bridgehead atoms. The van der Waals surface area contributed by atoms with E-state index in [2.05, 4.69) is 72.8 Å². The smallest absolute Gasteiger partial charge is 0.408 e. The van der Waals surface area contributed by atoms with Gasteiger partial charge in [0, 0.05) is 95.6 Å². The number of hydrogen-bond donors (Lipinski definition) is 5. The van der Waals surface area contributed by atoms with Crippen LogP contribution in [0.4, 0.5) is 9.59 Å². The standard InChI is InChI=1S/C48H70N4O9.C32H51N3O3.C12H13ClO4.V/c1-31(2)28-38(50-47(59)61-48(7,8)9)25-24-37(29-35-18-12-10-13-19-35)46(58)52-26-16-22-40(52)45(57)51-39(44(56)49-32(3)4)21-14-11-15-23-42(54)60-27-17-20-36-30-41(53)33(5)34(6)43(36)55;1-23(2)20-25(5)16-17-27(22-26-12-7-6-8-13-26)32(38)35-19-11-15-29(35)31(37)34-28(14-9-10-18-33)30(36)21-24(3)4;1-7-8(2)11(15)9(6-10(7)14)4-3-5-17-12(13)16;/h10,12-13,18-19,24-25,30-32,37-40H,11,14-17,20-23,26-29H2,1-9H3,(H,49,56)(H,50,59)(H,51,57);6-8,12-13,16-17,23-25,27-29H,9-11,14-15,18-22,33H2,1-5H3,(H,34,37);6H,3-5H2,1-2H3;/b25-24+;17-16+;;/t37-,38-,39+,40+;25-,27-,28+,29+;;/m11../s1. The number of nitrogens with one attached hydrogen (secondary N) is 4. The summed E-state index contributed by atoms with van der Waals surface area (Å²) < 4.78 is 15.4. The van der Waals surface area contributed by atoms with Crippen molar-refractivity contribution in [2.24, 2.45) is 41.2 Å². The second-order valence-corrected chi connectivity index (χ2v) is 34.0. The Bertz CT molecular complexity index is 3840. The zero-order valence-corrected chi connectivity index (χ0v) is 74.5. The molecule has 0 saturated carbocycles. The number of carbonyl (C=O) groups is 13. The van der Waals surface area contributed by atoms with Crippen LogP contribution in [0.25, 0.3) is 0 Å². The fourth-order valence-electron chi connectivity index (χ4n) is 14.3. The number of hydrogen-bond acceptors (Lipinski definition) is 17. The van der Waals surface area contributed by atoms with Gasteiger partial charge in [0.1, 0.15) is 23.7 Å². The average molecular weight is 1680 g/mol. The first-order chi connectivity index (χ1) is 54.8. The Morgan fingerprint density at radius 1 is 0.547 bits per heavy atom. The molecule has 2 aromatic carbocycles. The van der Waals surface area contributed by atoms with Crippen molar-refractivity contribution in [3.05, 3.63) is 142 Å². The minimum atomic E-state index is -0.864. The van der Waals surface area contributed by atoms with Crippen molar-refractivity contribution in [1.29, 1.82) is 0 Å². The van der Waals surface area contributed by atoms with E-state index in [0.717, 1.165) is 36.8 Å². The summed E-state index contributed by atoms with van der Waals surface area (Å²) in [5.41, 5.74) is 8.96. The fraction of sp³-hybridized carbons (Fsp3) is 0.598.